The zero-order chi connectivity index (χ0) is 49.3. The van der Waals surface area contributed by atoms with Crippen molar-refractivity contribution in [2.75, 3.05) is 13.2 Å². The van der Waals surface area contributed by atoms with E-state index < -0.39 is 6.10 Å². The third-order valence-electron chi connectivity index (χ3n) is 12.4. The van der Waals surface area contributed by atoms with E-state index in [-0.39, 0.29) is 31.1 Å². The summed E-state index contributed by atoms with van der Waals surface area (Å²) in [7, 11) is 0. The Balaban J connectivity index is 4.37. The Morgan fingerprint density at radius 2 is 0.588 bits per heavy atom. The van der Waals surface area contributed by atoms with Crippen LogP contribution < -0.4 is 0 Å². The summed E-state index contributed by atoms with van der Waals surface area (Å²) >= 11 is 0. The number of esters is 3. The fourth-order valence-corrected chi connectivity index (χ4v) is 8.10. The third-order valence-corrected chi connectivity index (χ3v) is 12.4. The second-order valence-corrected chi connectivity index (χ2v) is 19.2. The highest BCUT2D eigenvalue weighted by Gasteiger charge is 2.19. The van der Waals surface area contributed by atoms with Crippen LogP contribution in [-0.2, 0) is 28.6 Å². The minimum atomic E-state index is -0.783. The van der Waals surface area contributed by atoms with E-state index in [0.29, 0.717) is 19.3 Å². The Kier molecular flexibility index (Phi) is 53.8. The number of hydrogen-bond acceptors (Lipinski definition) is 6. The van der Waals surface area contributed by atoms with Gasteiger partial charge < -0.3 is 14.2 Å². The molecule has 6 heteroatoms. The van der Waals surface area contributed by atoms with E-state index in [1.165, 1.54) is 135 Å². The number of allylic oxidation sites excluding steroid dienone is 12. The molecule has 0 heterocycles. The van der Waals surface area contributed by atoms with E-state index in [1.54, 1.807) is 0 Å². The summed E-state index contributed by atoms with van der Waals surface area (Å²) in [6.07, 6.45) is 71.7. The molecule has 0 rings (SSSR count). The van der Waals surface area contributed by atoms with Crippen molar-refractivity contribution in [3.63, 3.8) is 0 Å². The smallest absolute Gasteiger partial charge is 0.306 e. The zero-order valence-corrected chi connectivity index (χ0v) is 44.9. The normalized spacial score (nSPS) is 12.6. The van der Waals surface area contributed by atoms with E-state index in [0.717, 1.165) is 109 Å². The van der Waals surface area contributed by atoms with Crippen LogP contribution in [0, 0.1) is 0 Å². The van der Waals surface area contributed by atoms with E-state index in [9.17, 15) is 14.4 Å². The Morgan fingerprint density at radius 1 is 0.309 bits per heavy atom. The number of ether oxygens (including phenoxy) is 3. The van der Waals surface area contributed by atoms with Crippen molar-refractivity contribution in [2.24, 2.45) is 0 Å². The molecule has 0 aromatic carbocycles. The highest BCUT2D eigenvalue weighted by atomic mass is 16.6. The van der Waals surface area contributed by atoms with Gasteiger partial charge in [-0.15, -0.1) is 0 Å². The molecule has 0 aromatic rings. The maximum atomic E-state index is 12.9. The molecule has 1 atom stereocenters. The SMILES string of the molecule is CC/C=C\C/C=C\C/C=C\C/C=C\CCCCCCCCCCC(=O)OCC(COC(=O)CCCCCCC/C=C\C/C=C\CCCC)OC(=O)CCCCCCCCCCCCCCCCC. The molecule has 1 unspecified atom stereocenters. The predicted molar refractivity (Wildman–Crippen MR) is 293 cm³/mol. The average Bonchev–Trinajstić information content (AvgIpc) is 3.34. The van der Waals surface area contributed by atoms with Gasteiger partial charge in [0, 0.05) is 19.3 Å². The Labute approximate surface area is 421 Å². The first kappa shape index (κ1) is 64.8. The van der Waals surface area contributed by atoms with Crippen LogP contribution in [0.3, 0.4) is 0 Å². The van der Waals surface area contributed by atoms with Gasteiger partial charge >= 0.3 is 17.9 Å². The molecule has 68 heavy (non-hydrogen) atoms. The summed E-state index contributed by atoms with van der Waals surface area (Å²) in [6.45, 7) is 6.49. The lowest BCUT2D eigenvalue weighted by Gasteiger charge is -2.18. The first-order valence-corrected chi connectivity index (χ1v) is 28.9. The highest BCUT2D eigenvalue weighted by Crippen LogP contribution is 2.16. The molecule has 0 aliphatic heterocycles. The van der Waals surface area contributed by atoms with Crippen LogP contribution in [0.1, 0.15) is 284 Å². The molecule has 392 valence electrons. The molecule has 0 fully saturated rings. The van der Waals surface area contributed by atoms with Gasteiger partial charge in [-0.05, 0) is 83.5 Å². The van der Waals surface area contributed by atoms with Crippen LogP contribution in [0.2, 0.25) is 0 Å². The Morgan fingerprint density at radius 3 is 0.941 bits per heavy atom. The van der Waals surface area contributed by atoms with Crippen LogP contribution in [-0.4, -0.2) is 37.2 Å². The molecule has 0 aromatic heterocycles. The third kappa shape index (κ3) is 53.8. The standard InChI is InChI=1S/C62H108O6/c1-4-7-10-13-16-19-22-25-28-29-30-31-32-33-35-37-40-43-46-49-52-55-61(64)67-58-59(57-66-60(63)54-51-48-45-42-39-36-27-24-21-18-15-12-9-6-3)68-62(65)56-53-50-47-44-41-38-34-26-23-20-17-14-11-8-5-2/h7,10,15-16,18-19,24-25,27-28,30-31,59H,4-6,8-9,11-14,17,20-23,26,29,32-58H2,1-3H3/b10-7-,18-15-,19-16-,27-24-,28-25-,31-30-. The summed E-state index contributed by atoms with van der Waals surface area (Å²) in [5, 5.41) is 0. The fraction of sp³-hybridized carbons (Fsp3) is 0.758. The van der Waals surface area contributed by atoms with Gasteiger partial charge in [-0.3, -0.25) is 14.4 Å². The van der Waals surface area contributed by atoms with Gasteiger partial charge in [-0.2, -0.15) is 0 Å². The summed E-state index contributed by atoms with van der Waals surface area (Å²) in [4.78, 5) is 38.2. The van der Waals surface area contributed by atoms with Crippen molar-refractivity contribution < 1.29 is 28.6 Å². The van der Waals surface area contributed by atoms with Crippen LogP contribution >= 0.6 is 0 Å². The van der Waals surface area contributed by atoms with Crippen molar-refractivity contribution in [3.8, 4) is 0 Å². The van der Waals surface area contributed by atoms with E-state index in [1.807, 2.05) is 0 Å². The quantitative estimate of drug-likeness (QED) is 0.0262. The van der Waals surface area contributed by atoms with Gasteiger partial charge in [0.15, 0.2) is 6.10 Å². The number of carbonyl (C=O) groups excluding carboxylic acids is 3. The van der Waals surface area contributed by atoms with Crippen LogP contribution in [0.4, 0.5) is 0 Å². The summed E-state index contributed by atoms with van der Waals surface area (Å²) in [5.74, 6) is -0.893. The molecule has 0 spiro atoms. The van der Waals surface area contributed by atoms with Gasteiger partial charge in [0.25, 0.3) is 0 Å². The fourth-order valence-electron chi connectivity index (χ4n) is 8.10. The molecule has 0 radical (unpaired) electrons. The largest absolute Gasteiger partial charge is 0.462 e. The van der Waals surface area contributed by atoms with Crippen LogP contribution in [0.15, 0.2) is 72.9 Å². The number of hydrogen-bond donors (Lipinski definition) is 0. The lowest BCUT2D eigenvalue weighted by Crippen LogP contribution is -2.30. The lowest BCUT2D eigenvalue weighted by atomic mass is 10.0. The van der Waals surface area contributed by atoms with E-state index >= 15 is 0 Å². The Bertz CT molecular complexity index is 1270. The molecule has 0 aliphatic carbocycles. The van der Waals surface area contributed by atoms with Crippen molar-refractivity contribution in [2.45, 2.75) is 290 Å². The minimum absolute atomic E-state index is 0.0821. The maximum absolute atomic E-state index is 12.9. The molecule has 0 bridgehead atoms. The molecule has 0 amide bonds. The van der Waals surface area contributed by atoms with Crippen molar-refractivity contribution in [3.05, 3.63) is 72.9 Å². The van der Waals surface area contributed by atoms with Gasteiger partial charge in [0.1, 0.15) is 13.2 Å². The zero-order valence-electron chi connectivity index (χ0n) is 44.9. The van der Waals surface area contributed by atoms with Crippen LogP contribution in [0.5, 0.6) is 0 Å². The molecule has 0 N–H and O–H groups in total. The van der Waals surface area contributed by atoms with E-state index in [2.05, 4.69) is 93.7 Å². The van der Waals surface area contributed by atoms with Crippen LogP contribution in [0.25, 0.3) is 0 Å². The monoisotopic (exact) mass is 949 g/mol. The second-order valence-electron chi connectivity index (χ2n) is 19.2. The lowest BCUT2D eigenvalue weighted by molar-refractivity contribution is -0.167. The van der Waals surface area contributed by atoms with Gasteiger partial charge in [0.05, 0.1) is 0 Å². The molecule has 0 aliphatic rings. The molecule has 0 saturated carbocycles. The number of rotatable bonds is 52. The number of carbonyl (C=O) groups is 3. The number of unbranched alkanes of at least 4 members (excludes halogenated alkanes) is 29. The molecule has 0 saturated heterocycles. The van der Waals surface area contributed by atoms with Crippen molar-refractivity contribution in [1.82, 2.24) is 0 Å². The second kappa shape index (κ2) is 56.4. The molecular weight excluding hydrogens is 841 g/mol. The highest BCUT2D eigenvalue weighted by molar-refractivity contribution is 5.71. The van der Waals surface area contributed by atoms with Crippen molar-refractivity contribution in [1.29, 1.82) is 0 Å². The Hall–Kier alpha value is -3.15. The molecular formula is C62H108O6. The molecule has 6 nitrogen and oxygen atoms in total. The first-order valence-electron chi connectivity index (χ1n) is 28.9. The summed E-state index contributed by atoms with van der Waals surface area (Å²) < 4.78 is 16.9. The van der Waals surface area contributed by atoms with E-state index in [4.69, 9.17) is 14.2 Å². The first-order chi connectivity index (χ1) is 33.5. The summed E-state index contributed by atoms with van der Waals surface area (Å²) in [6, 6.07) is 0. The van der Waals surface area contributed by atoms with Gasteiger partial charge in [-0.1, -0.05) is 254 Å². The average molecular weight is 950 g/mol. The summed E-state index contributed by atoms with van der Waals surface area (Å²) in [5.41, 5.74) is 0. The maximum Gasteiger partial charge on any atom is 0.306 e. The van der Waals surface area contributed by atoms with Gasteiger partial charge in [-0.25, -0.2) is 0 Å². The van der Waals surface area contributed by atoms with Crippen molar-refractivity contribution >= 4 is 17.9 Å². The van der Waals surface area contributed by atoms with Gasteiger partial charge in [0.2, 0.25) is 0 Å². The minimum Gasteiger partial charge on any atom is -0.462 e. The predicted octanol–water partition coefficient (Wildman–Crippen LogP) is 19.4. The topological polar surface area (TPSA) is 78.9 Å².